The van der Waals surface area contributed by atoms with E-state index in [0.29, 0.717) is 24.3 Å². The molecule has 94 valence electrons. The van der Waals surface area contributed by atoms with Gasteiger partial charge in [-0.15, -0.1) is 0 Å². The Morgan fingerprint density at radius 3 is 2.59 bits per heavy atom. The molecule has 0 saturated heterocycles. The summed E-state index contributed by atoms with van der Waals surface area (Å²) in [5, 5.41) is 12.0. The van der Waals surface area contributed by atoms with Crippen molar-refractivity contribution in [1.29, 1.82) is 5.26 Å². The molecule has 1 aromatic rings. The summed E-state index contributed by atoms with van der Waals surface area (Å²) in [6.07, 6.45) is 0. The second-order valence-electron chi connectivity index (χ2n) is 4.78. The van der Waals surface area contributed by atoms with E-state index in [1.165, 1.54) is 0 Å². The Morgan fingerprint density at radius 1 is 1.41 bits per heavy atom. The maximum atomic E-state index is 8.64. The van der Waals surface area contributed by atoms with Crippen molar-refractivity contribution >= 4 is 0 Å². The van der Waals surface area contributed by atoms with E-state index in [1.54, 1.807) is 6.07 Å². The molecule has 0 saturated carbocycles. The minimum Gasteiger partial charge on any atom is -0.449 e. The van der Waals surface area contributed by atoms with Gasteiger partial charge in [-0.05, 0) is 32.1 Å². The first-order valence-electron chi connectivity index (χ1n) is 5.90. The second-order valence-corrected chi connectivity index (χ2v) is 4.78. The first-order valence-corrected chi connectivity index (χ1v) is 5.90. The zero-order chi connectivity index (χ0) is 12.8. The van der Waals surface area contributed by atoms with Crippen LogP contribution in [0.5, 0.6) is 0 Å². The summed E-state index contributed by atoms with van der Waals surface area (Å²) in [4.78, 5) is 2.22. The van der Waals surface area contributed by atoms with Crippen molar-refractivity contribution in [3.8, 4) is 6.07 Å². The Bertz CT molecular complexity index is 368. The molecule has 1 rings (SSSR count). The molecule has 0 bridgehead atoms. The van der Waals surface area contributed by atoms with E-state index in [0.717, 1.165) is 12.3 Å². The third kappa shape index (κ3) is 4.22. The van der Waals surface area contributed by atoms with Crippen LogP contribution in [0.2, 0.25) is 0 Å². The number of nitriles is 1. The fourth-order valence-electron chi connectivity index (χ4n) is 1.89. The summed E-state index contributed by atoms with van der Waals surface area (Å²) in [6, 6.07) is 6.02. The van der Waals surface area contributed by atoms with Gasteiger partial charge in [-0.2, -0.15) is 5.26 Å². The average molecular weight is 235 g/mol. The molecule has 1 N–H and O–H groups in total. The van der Waals surface area contributed by atoms with Crippen molar-refractivity contribution in [2.75, 3.05) is 20.6 Å². The SMILES string of the molecule is CC(C)C(CNCc1ccc(C#N)o1)N(C)C. The minimum atomic E-state index is 0.370. The van der Waals surface area contributed by atoms with Crippen molar-refractivity contribution in [2.24, 2.45) is 5.92 Å². The largest absolute Gasteiger partial charge is 0.449 e. The Morgan fingerprint density at radius 2 is 2.12 bits per heavy atom. The number of nitrogens with one attached hydrogen (secondary N) is 1. The fraction of sp³-hybridized carbons (Fsp3) is 0.615. The molecular formula is C13H21N3O. The van der Waals surface area contributed by atoms with E-state index in [2.05, 4.69) is 38.2 Å². The van der Waals surface area contributed by atoms with Gasteiger partial charge in [0.1, 0.15) is 11.8 Å². The van der Waals surface area contributed by atoms with Gasteiger partial charge in [-0.25, -0.2) is 0 Å². The second kappa shape index (κ2) is 6.43. The van der Waals surface area contributed by atoms with Gasteiger partial charge in [0.05, 0.1) is 6.54 Å². The van der Waals surface area contributed by atoms with Crippen molar-refractivity contribution in [3.63, 3.8) is 0 Å². The highest BCUT2D eigenvalue weighted by atomic mass is 16.3. The van der Waals surface area contributed by atoms with E-state index in [-0.39, 0.29) is 0 Å². The molecule has 0 amide bonds. The molecule has 1 aromatic heterocycles. The predicted octanol–water partition coefficient (Wildman–Crippen LogP) is 1.83. The minimum absolute atomic E-state index is 0.370. The summed E-state index contributed by atoms with van der Waals surface area (Å²) >= 11 is 0. The monoisotopic (exact) mass is 235 g/mol. The summed E-state index contributed by atoms with van der Waals surface area (Å²) in [5.41, 5.74) is 0. The van der Waals surface area contributed by atoms with E-state index >= 15 is 0 Å². The van der Waals surface area contributed by atoms with Crippen LogP contribution in [-0.2, 0) is 6.54 Å². The molecule has 17 heavy (non-hydrogen) atoms. The van der Waals surface area contributed by atoms with Crippen molar-refractivity contribution in [3.05, 3.63) is 23.7 Å². The summed E-state index contributed by atoms with van der Waals surface area (Å²) < 4.78 is 5.30. The van der Waals surface area contributed by atoms with Gasteiger partial charge in [0.2, 0.25) is 5.76 Å². The first kappa shape index (κ1) is 13.8. The molecule has 0 aromatic carbocycles. The van der Waals surface area contributed by atoms with Gasteiger partial charge in [-0.3, -0.25) is 0 Å². The molecule has 4 heteroatoms. The highest BCUT2D eigenvalue weighted by Gasteiger charge is 2.15. The number of rotatable bonds is 6. The zero-order valence-electron chi connectivity index (χ0n) is 11.0. The van der Waals surface area contributed by atoms with E-state index in [9.17, 15) is 0 Å². The predicted molar refractivity (Wildman–Crippen MR) is 67.4 cm³/mol. The first-order chi connectivity index (χ1) is 8.04. The third-order valence-electron chi connectivity index (χ3n) is 2.86. The lowest BCUT2D eigenvalue weighted by molar-refractivity contribution is 0.223. The average Bonchev–Trinajstić information content (AvgIpc) is 2.71. The number of likely N-dealkylation sites (N-methyl/N-ethyl adjacent to an activating group) is 1. The molecule has 0 aliphatic heterocycles. The summed E-state index contributed by atoms with van der Waals surface area (Å²) in [7, 11) is 4.18. The molecule has 1 atom stereocenters. The van der Waals surface area contributed by atoms with Gasteiger partial charge in [0.15, 0.2) is 0 Å². The molecule has 4 nitrogen and oxygen atoms in total. The topological polar surface area (TPSA) is 52.2 Å². The molecule has 0 fully saturated rings. The van der Waals surface area contributed by atoms with Crippen LogP contribution in [0.3, 0.4) is 0 Å². The maximum absolute atomic E-state index is 8.64. The lowest BCUT2D eigenvalue weighted by Gasteiger charge is -2.28. The summed E-state index contributed by atoms with van der Waals surface area (Å²) in [6.45, 7) is 6.01. The molecule has 1 unspecified atom stereocenters. The van der Waals surface area contributed by atoms with Crippen LogP contribution in [0, 0.1) is 17.2 Å². The summed E-state index contributed by atoms with van der Waals surface area (Å²) in [5.74, 6) is 1.78. The van der Waals surface area contributed by atoms with Gasteiger partial charge in [0.25, 0.3) is 0 Å². The van der Waals surface area contributed by atoms with Gasteiger partial charge in [0, 0.05) is 12.6 Å². The number of hydrogen-bond acceptors (Lipinski definition) is 4. The molecule has 0 radical (unpaired) electrons. The number of hydrogen-bond donors (Lipinski definition) is 1. The van der Waals surface area contributed by atoms with Crippen LogP contribution >= 0.6 is 0 Å². The van der Waals surface area contributed by atoms with Crippen LogP contribution in [0.15, 0.2) is 16.5 Å². The van der Waals surface area contributed by atoms with Crippen LogP contribution < -0.4 is 5.32 Å². The Labute approximate surface area is 103 Å². The van der Waals surface area contributed by atoms with Crippen LogP contribution in [0.25, 0.3) is 0 Å². The molecular weight excluding hydrogens is 214 g/mol. The van der Waals surface area contributed by atoms with Gasteiger partial charge < -0.3 is 14.6 Å². The maximum Gasteiger partial charge on any atom is 0.203 e. The van der Waals surface area contributed by atoms with Crippen molar-refractivity contribution in [1.82, 2.24) is 10.2 Å². The highest BCUT2D eigenvalue weighted by Crippen LogP contribution is 2.08. The normalized spacial score (nSPS) is 13.0. The lowest BCUT2D eigenvalue weighted by atomic mass is 10.0. The van der Waals surface area contributed by atoms with Crippen molar-refractivity contribution in [2.45, 2.75) is 26.4 Å². The van der Waals surface area contributed by atoms with Crippen LogP contribution in [0.1, 0.15) is 25.4 Å². The number of furan rings is 1. The Balaban J connectivity index is 2.38. The van der Waals surface area contributed by atoms with E-state index in [4.69, 9.17) is 9.68 Å². The lowest BCUT2D eigenvalue weighted by Crippen LogP contribution is -2.41. The molecule has 0 aliphatic rings. The van der Waals surface area contributed by atoms with E-state index < -0.39 is 0 Å². The fourth-order valence-corrected chi connectivity index (χ4v) is 1.89. The molecule has 0 spiro atoms. The smallest absolute Gasteiger partial charge is 0.203 e. The third-order valence-corrected chi connectivity index (χ3v) is 2.86. The number of nitrogens with zero attached hydrogens (tertiary/aromatic N) is 2. The Hall–Kier alpha value is -1.31. The molecule has 0 aliphatic carbocycles. The van der Waals surface area contributed by atoms with Gasteiger partial charge in [-0.1, -0.05) is 13.8 Å². The van der Waals surface area contributed by atoms with E-state index in [1.807, 2.05) is 12.1 Å². The highest BCUT2D eigenvalue weighted by molar-refractivity contribution is 5.18. The van der Waals surface area contributed by atoms with Crippen LogP contribution in [-0.4, -0.2) is 31.6 Å². The van der Waals surface area contributed by atoms with Crippen molar-refractivity contribution < 1.29 is 4.42 Å². The van der Waals surface area contributed by atoms with Gasteiger partial charge >= 0.3 is 0 Å². The van der Waals surface area contributed by atoms with Crippen LogP contribution in [0.4, 0.5) is 0 Å². The quantitative estimate of drug-likeness (QED) is 0.817. The Kier molecular flexibility index (Phi) is 5.20. The standard InChI is InChI=1S/C13H21N3O/c1-10(2)13(16(3)4)9-15-8-12-6-5-11(7-14)17-12/h5-6,10,13,15H,8-9H2,1-4H3. The molecule has 1 heterocycles. The zero-order valence-corrected chi connectivity index (χ0v) is 11.0.